The molecule has 0 saturated heterocycles. The van der Waals surface area contributed by atoms with Gasteiger partial charge in [0.15, 0.2) is 5.82 Å². The van der Waals surface area contributed by atoms with Gasteiger partial charge in [-0.1, -0.05) is 12.1 Å². The monoisotopic (exact) mass is 303 g/mol. The number of aliphatic hydroxyl groups excluding tert-OH is 1. The van der Waals surface area contributed by atoms with Crippen LogP contribution in [0.15, 0.2) is 28.7 Å². The van der Waals surface area contributed by atoms with Crippen molar-refractivity contribution in [1.82, 2.24) is 20.2 Å². The van der Waals surface area contributed by atoms with E-state index in [0.29, 0.717) is 17.0 Å². The van der Waals surface area contributed by atoms with Crippen LogP contribution < -0.4 is 0 Å². The van der Waals surface area contributed by atoms with E-state index in [1.165, 1.54) is 4.80 Å². The molecule has 0 amide bonds. The second kappa shape index (κ2) is 5.52. The summed E-state index contributed by atoms with van der Waals surface area (Å²) in [4.78, 5) is 1.29. The first-order chi connectivity index (χ1) is 10.2. The summed E-state index contributed by atoms with van der Waals surface area (Å²) in [6.07, 6.45) is -0.817. The fourth-order valence-electron chi connectivity index (χ4n) is 1.98. The molecule has 2 heterocycles. The van der Waals surface area contributed by atoms with Gasteiger partial charge in [-0.15, -0.1) is 21.8 Å². The van der Waals surface area contributed by atoms with Crippen molar-refractivity contribution in [2.75, 3.05) is 0 Å². The number of nitriles is 1. The van der Waals surface area contributed by atoms with Crippen LogP contribution in [-0.4, -0.2) is 25.3 Å². The molecule has 1 N–H and O–H groups in total. The van der Waals surface area contributed by atoms with E-state index in [4.69, 9.17) is 21.3 Å². The van der Waals surface area contributed by atoms with Crippen molar-refractivity contribution in [1.29, 1.82) is 5.26 Å². The number of nitrogens with zero attached hydrogens (tertiary/aromatic N) is 5. The highest BCUT2D eigenvalue weighted by Gasteiger charge is 2.13. The zero-order chi connectivity index (χ0) is 14.8. The van der Waals surface area contributed by atoms with Gasteiger partial charge >= 0.3 is 0 Å². The number of halogens is 1. The number of alkyl halides is 1. The van der Waals surface area contributed by atoms with Crippen molar-refractivity contribution in [2.45, 2.75) is 18.5 Å². The van der Waals surface area contributed by atoms with E-state index < -0.39 is 6.10 Å². The molecule has 3 aromatic rings. The van der Waals surface area contributed by atoms with Gasteiger partial charge in [-0.2, -0.15) is 10.1 Å². The molecule has 0 bridgehead atoms. The molecule has 1 atom stereocenters. The zero-order valence-electron chi connectivity index (χ0n) is 10.8. The van der Waals surface area contributed by atoms with Gasteiger partial charge in [0.05, 0.1) is 12.4 Å². The fraction of sp³-hybridized carbons (Fsp3) is 0.231. The lowest BCUT2D eigenvalue weighted by Gasteiger charge is -2.09. The average Bonchev–Trinajstić information content (AvgIpc) is 3.11. The number of benzene rings is 1. The first kappa shape index (κ1) is 13.5. The predicted molar refractivity (Wildman–Crippen MR) is 73.3 cm³/mol. The van der Waals surface area contributed by atoms with Gasteiger partial charge in [-0.05, 0) is 16.8 Å². The van der Waals surface area contributed by atoms with Gasteiger partial charge in [-0.3, -0.25) is 0 Å². The lowest BCUT2D eigenvalue weighted by atomic mass is 10.1. The second-order valence-electron chi connectivity index (χ2n) is 4.43. The average molecular weight is 304 g/mol. The number of aliphatic hydroxyl groups is 1. The molecule has 0 saturated carbocycles. The Bertz CT molecular complexity index is 819. The Morgan fingerprint density at radius 1 is 1.43 bits per heavy atom. The van der Waals surface area contributed by atoms with Crippen LogP contribution in [0.5, 0.6) is 0 Å². The third-order valence-corrected chi connectivity index (χ3v) is 3.23. The summed E-state index contributed by atoms with van der Waals surface area (Å²) in [7, 11) is 0. The largest absolute Gasteiger partial charge is 0.446 e. The molecule has 0 aliphatic rings. The first-order valence-corrected chi connectivity index (χ1v) is 6.67. The Labute approximate surface area is 124 Å². The summed E-state index contributed by atoms with van der Waals surface area (Å²) < 4.78 is 5.34. The van der Waals surface area contributed by atoms with Crippen molar-refractivity contribution < 1.29 is 9.52 Å². The van der Waals surface area contributed by atoms with Crippen LogP contribution >= 0.6 is 11.6 Å². The van der Waals surface area contributed by atoms with Crippen molar-refractivity contribution in [3.05, 3.63) is 41.4 Å². The van der Waals surface area contributed by atoms with Crippen LogP contribution in [0, 0.1) is 11.3 Å². The van der Waals surface area contributed by atoms with Crippen LogP contribution in [-0.2, 0) is 12.4 Å². The van der Waals surface area contributed by atoms with E-state index in [2.05, 4.69) is 15.4 Å². The molecule has 3 rings (SSSR count). The number of fused-ring (bicyclic) bond motifs is 1. The van der Waals surface area contributed by atoms with Gasteiger partial charge in [-0.25, -0.2) is 0 Å². The first-order valence-electron chi connectivity index (χ1n) is 6.14. The smallest absolute Gasteiger partial charge is 0.204 e. The Morgan fingerprint density at radius 3 is 3.00 bits per heavy atom. The highest BCUT2D eigenvalue weighted by atomic mass is 35.5. The SMILES string of the molecule is N#Cc1cc2ccc([C@@H](O)Cn3nnc(CCl)n3)cc2o1. The predicted octanol–water partition coefficient (Wildman–Crippen LogP) is 1.76. The third-order valence-electron chi connectivity index (χ3n) is 2.99. The Morgan fingerprint density at radius 2 is 2.29 bits per heavy atom. The number of furan rings is 1. The normalized spacial score (nSPS) is 12.4. The minimum Gasteiger partial charge on any atom is -0.446 e. The molecule has 0 spiro atoms. The highest BCUT2D eigenvalue weighted by Crippen LogP contribution is 2.24. The maximum atomic E-state index is 10.2. The van der Waals surface area contributed by atoms with Gasteiger partial charge in [0.2, 0.25) is 5.76 Å². The standard InChI is InChI=1S/C13H10ClN5O2/c14-5-13-16-18-19(17-13)7-11(20)8-1-2-9-3-10(6-15)21-12(9)4-8/h1-4,11,20H,5,7H2/t11-/m0/s1. The van der Waals surface area contributed by atoms with Gasteiger partial charge in [0.1, 0.15) is 17.8 Å². The molecular weight excluding hydrogens is 294 g/mol. The third kappa shape index (κ3) is 2.72. The maximum absolute atomic E-state index is 10.2. The van der Waals surface area contributed by atoms with Crippen LogP contribution in [0.4, 0.5) is 0 Å². The number of aromatic nitrogens is 4. The highest BCUT2D eigenvalue weighted by molar-refractivity contribution is 6.16. The molecule has 106 valence electrons. The van der Waals surface area contributed by atoms with Crippen molar-refractivity contribution in [2.24, 2.45) is 0 Å². The van der Waals surface area contributed by atoms with E-state index >= 15 is 0 Å². The zero-order valence-corrected chi connectivity index (χ0v) is 11.5. The van der Waals surface area contributed by atoms with Crippen LogP contribution in [0.25, 0.3) is 11.0 Å². The van der Waals surface area contributed by atoms with Gasteiger partial charge in [0, 0.05) is 11.5 Å². The number of hydrogen-bond donors (Lipinski definition) is 1. The molecule has 0 radical (unpaired) electrons. The van der Waals surface area contributed by atoms with E-state index in [1.54, 1.807) is 24.3 Å². The molecule has 1 aromatic carbocycles. The number of hydrogen-bond acceptors (Lipinski definition) is 6. The van der Waals surface area contributed by atoms with Crippen LogP contribution in [0.1, 0.15) is 23.3 Å². The molecule has 8 heteroatoms. The van der Waals surface area contributed by atoms with Crippen molar-refractivity contribution in [3.8, 4) is 6.07 Å². The molecule has 0 aliphatic carbocycles. The molecule has 0 unspecified atom stereocenters. The minimum absolute atomic E-state index is 0.154. The fourth-order valence-corrected chi connectivity index (χ4v) is 2.08. The Hall–Kier alpha value is -2.43. The molecule has 2 aromatic heterocycles. The van der Waals surface area contributed by atoms with Crippen molar-refractivity contribution in [3.63, 3.8) is 0 Å². The topological polar surface area (TPSA) is 101 Å². The molecular formula is C13H10ClN5O2. The van der Waals surface area contributed by atoms with Crippen molar-refractivity contribution >= 4 is 22.6 Å². The summed E-state index contributed by atoms with van der Waals surface area (Å²) in [5.41, 5.74) is 1.20. The summed E-state index contributed by atoms with van der Waals surface area (Å²) in [5, 5.41) is 31.4. The summed E-state index contributed by atoms with van der Waals surface area (Å²) in [5.74, 6) is 0.816. The van der Waals surface area contributed by atoms with Crippen LogP contribution in [0.3, 0.4) is 0 Å². The molecule has 0 fully saturated rings. The van der Waals surface area contributed by atoms with E-state index in [1.807, 2.05) is 6.07 Å². The second-order valence-corrected chi connectivity index (χ2v) is 4.70. The number of rotatable bonds is 4. The number of tetrazole rings is 1. The van der Waals surface area contributed by atoms with Gasteiger partial charge in [0.25, 0.3) is 0 Å². The lowest BCUT2D eigenvalue weighted by Crippen LogP contribution is -2.11. The summed E-state index contributed by atoms with van der Waals surface area (Å²) >= 11 is 5.60. The Kier molecular flexibility index (Phi) is 3.56. The molecule has 7 nitrogen and oxygen atoms in total. The van der Waals surface area contributed by atoms with E-state index in [0.717, 1.165) is 5.39 Å². The summed E-state index contributed by atoms with van der Waals surface area (Å²) in [6, 6.07) is 8.84. The maximum Gasteiger partial charge on any atom is 0.204 e. The minimum atomic E-state index is -0.817. The van der Waals surface area contributed by atoms with E-state index in [9.17, 15) is 5.11 Å². The Balaban J connectivity index is 1.83. The van der Waals surface area contributed by atoms with E-state index in [-0.39, 0.29) is 18.2 Å². The van der Waals surface area contributed by atoms with Gasteiger partial charge < -0.3 is 9.52 Å². The quantitative estimate of drug-likeness (QED) is 0.737. The molecule has 0 aliphatic heterocycles. The molecule has 21 heavy (non-hydrogen) atoms. The van der Waals surface area contributed by atoms with Crippen LogP contribution in [0.2, 0.25) is 0 Å². The summed E-state index contributed by atoms with van der Waals surface area (Å²) in [6.45, 7) is 0.154. The lowest BCUT2D eigenvalue weighted by molar-refractivity contribution is 0.144.